The Hall–Kier alpha value is -3.42. The number of aryl methyl sites for hydroxylation is 1. The highest BCUT2D eigenvalue weighted by molar-refractivity contribution is 5.95. The second kappa shape index (κ2) is 6.71. The summed E-state index contributed by atoms with van der Waals surface area (Å²) < 4.78 is 1.92. The Kier molecular flexibility index (Phi) is 4.23. The molecule has 4 rings (SSSR count). The Balaban J connectivity index is 1.61. The second-order valence-corrected chi connectivity index (χ2v) is 6.75. The maximum atomic E-state index is 12.8. The SMILES string of the molecule is Cn1ccnc1C(NC(=O)c1cccc(-c2c[nH]c(=O)[nH]c2=O)c1)C1CC1. The molecule has 0 aliphatic heterocycles. The minimum Gasteiger partial charge on any atom is -0.342 e. The Morgan fingerprint density at radius 1 is 1.33 bits per heavy atom. The first-order valence-electron chi connectivity index (χ1n) is 8.73. The summed E-state index contributed by atoms with van der Waals surface area (Å²) in [5.41, 5.74) is 0.227. The molecule has 8 nitrogen and oxygen atoms in total. The number of benzene rings is 1. The van der Waals surface area contributed by atoms with Crippen LogP contribution in [0.4, 0.5) is 0 Å². The van der Waals surface area contributed by atoms with Crippen LogP contribution in [0.2, 0.25) is 0 Å². The predicted molar refractivity (Wildman–Crippen MR) is 99.3 cm³/mol. The number of hydrogen-bond donors (Lipinski definition) is 3. The Labute approximate surface area is 154 Å². The number of nitrogens with one attached hydrogen (secondary N) is 3. The van der Waals surface area contributed by atoms with Crippen molar-refractivity contribution in [2.24, 2.45) is 13.0 Å². The van der Waals surface area contributed by atoms with Crippen molar-refractivity contribution in [2.75, 3.05) is 0 Å². The van der Waals surface area contributed by atoms with E-state index in [4.69, 9.17) is 0 Å². The lowest BCUT2D eigenvalue weighted by Gasteiger charge is -2.18. The molecule has 1 atom stereocenters. The van der Waals surface area contributed by atoms with E-state index in [9.17, 15) is 14.4 Å². The zero-order chi connectivity index (χ0) is 19.0. The van der Waals surface area contributed by atoms with Gasteiger partial charge in [0.2, 0.25) is 0 Å². The van der Waals surface area contributed by atoms with E-state index in [0.717, 1.165) is 18.7 Å². The molecule has 8 heteroatoms. The maximum Gasteiger partial charge on any atom is 0.325 e. The molecular weight excluding hydrogens is 346 g/mol. The van der Waals surface area contributed by atoms with E-state index in [-0.39, 0.29) is 11.9 Å². The van der Waals surface area contributed by atoms with Gasteiger partial charge in [-0.3, -0.25) is 14.6 Å². The molecule has 3 aromatic rings. The zero-order valence-corrected chi connectivity index (χ0v) is 14.7. The molecule has 1 aliphatic carbocycles. The van der Waals surface area contributed by atoms with Gasteiger partial charge in [-0.1, -0.05) is 12.1 Å². The van der Waals surface area contributed by atoms with E-state index in [1.165, 1.54) is 6.20 Å². The highest BCUT2D eigenvalue weighted by Crippen LogP contribution is 2.40. The molecule has 1 saturated carbocycles. The topological polar surface area (TPSA) is 113 Å². The number of rotatable bonds is 5. The van der Waals surface area contributed by atoms with E-state index in [2.05, 4.69) is 20.3 Å². The Morgan fingerprint density at radius 3 is 2.81 bits per heavy atom. The number of carbonyl (C=O) groups is 1. The number of nitrogens with zero attached hydrogens (tertiary/aromatic N) is 2. The highest BCUT2D eigenvalue weighted by Gasteiger charge is 2.35. The second-order valence-electron chi connectivity index (χ2n) is 6.75. The van der Waals surface area contributed by atoms with Gasteiger partial charge in [-0.15, -0.1) is 0 Å². The lowest BCUT2D eigenvalue weighted by Crippen LogP contribution is -2.31. The third kappa shape index (κ3) is 3.46. The van der Waals surface area contributed by atoms with E-state index in [0.29, 0.717) is 22.6 Å². The predicted octanol–water partition coefficient (Wildman–Crippen LogP) is 1.34. The van der Waals surface area contributed by atoms with E-state index in [1.54, 1.807) is 30.5 Å². The summed E-state index contributed by atoms with van der Waals surface area (Å²) in [5, 5.41) is 3.07. The molecular formula is C19H19N5O3. The first kappa shape index (κ1) is 17.0. The summed E-state index contributed by atoms with van der Waals surface area (Å²) >= 11 is 0. The molecule has 3 N–H and O–H groups in total. The van der Waals surface area contributed by atoms with Crippen LogP contribution in [-0.4, -0.2) is 25.4 Å². The minimum absolute atomic E-state index is 0.141. The maximum absolute atomic E-state index is 12.8. The highest BCUT2D eigenvalue weighted by atomic mass is 16.2. The average molecular weight is 365 g/mol. The van der Waals surface area contributed by atoms with Crippen LogP contribution < -0.4 is 16.6 Å². The quantitative estimate of drug-likeness (QED) is 0.633. The van der Waals surface area contributed by atoms with E-state index >= 15 is 0 Å². The van der Waals surface area contributed by atoms with Crippen LogP contribution in [0.5, 0.6) is 0 Å². The first-order valence-corrected chi connectivity index (χ1v) is 8.73. The van der Waals surface area contributed by atoms with Gasteiger partial charge in [0.15, 0.2) is 0 Å². The third-order valence-corrected chi connectivity index (χ3v) is 4.77. The van der Waals surface area contributed by atoms with Crippen molar-refractivity contribution in [3.05, 3.63) is 75.1 Å². The van der Waals surface area contributed by atoms with Crippen LogP contribution in [0.15, 0.2) is 52.4 Å². The first-order chi connectivity index (χ1) is 13.0. The molecule has 0 saturated heterocycles. The molecule has 2 aromatic heterocycles. The van der Waals surface area contributed by atoms with Crippen molar-refractivity contribution < 1.29 is 4.79 Å². The van der Waals surface area contributed by atoms with Crippen molar-refractivity contribution in [3.8, 4) is 11.1 Å². The molecule has 1 aromatic carbocycles. The molecule has 2 heterocycles. The lowest BCUT2D eigenvalue weighted by atomic mass is 10.0. The van der Waals surface area contributed by atoms with Crippen LogP contribution in [-0.2, 0) is 7.05 Å². The van der Waals surface area contributed by atoms with Crippen molar-refractivity contribution in [3.63, 3.8) is 0 Å². The van der Waals surface area contributed by atoms with Crippen molar-refractivity contribution >= 4 is 5.91 Å². The standard InChI is InChI=1S/C19H19N5O3/c1-24-8-7-20-16(24)15(11-5-6-11)22-17(25)13-4-2-3-12(9-13)14-10-21-19(27)23-18(14)26/h2-4,7-11,15H,5-6H2,1H3,(H,22,25)(H2,21,23,26,27). The van der Waals surface area contributed by atoms with Gasteiger partial charge < -0.3 is 14.9 Å². The molecule has 0 spiro atoms. The van der Waals surface area contributed by atoms with Crippen LogP contribution in [0.1, 0.15) is 35.1 Å². The smallest absolute Gasteiger partial charge is 0.325 e. The number of aromatic nitrogens is 4. The molecule has 1 amide bonds. The Morgan fingerprint density at radius 2 is 2.15 bits per heavy atom. The monoisotopic (exact) mass is 365 g/mol. The van der Waals surface area contributed by atoms with E-state index in [1.807, 2.05) is 17.8 Å². The fourth-order valence-corrected chi connectivity index (χ4v) is 3.18. The summed E-state index contributed by atoms with van der Waals surface area (Å²) in [6, 6.07) is 6.62. The number of hydrogen-bond acceptors (Lipinski definition) is 4. The van der Waals surface area contributed by atoms with Gasteiger partial charge in [-0.25, -0.2) is 9.78 Å². The van der Waals surface area contributed by atoms with Crippen LogP contribution >= 0.6 is 0 Å². The van der Waals surface area contributed by atoms with Crippen LogP contribution in [0, 0.1) is 5.92 Å². The summed E-state index contributed by atoms with van der Waals surface area (Å²) in [5.74, 6) is 0.997. The van der Waals surface area contributed by atoms with Gasteiger partial charge in [0.1, 0.15) is 5.82 Å². The summed E-state index contributed by atoms with van der Waals surface area (Å²) in [4.78, 5) is 45.0. The van der Waals surface area contributed by atoms with Crippen molar-refractivity contribution in [2.45, 2.75) is 18.9 Å². The largest absolute Gasteiger partial charge is 0.342 e. The third-order valence-electron chi connectivity index (χ3n) is 4.77. The van der Waals surface area contributed by atoms with Crippen molar-refractivity contribution in [1.29, 1.82) is 0 Å². The Bertz CT molecular complexity index is 1110. The average Bonchev–Trinajstić information content (AvgIpc) is 3.41. The molecule has 1 aliphatic rings. The minimum atomic E-state index is -0.569. The van der Waals surface area contributed by atoms with Gasteiger partial charge in [-0.2, -0.15) is 0 Å². The number of imidazole rings is 1. The summed E-state index contributed by atoms with van der Waals surface area (Å²) in [7, 11) is 1.91. The van der Waals surface area contributed by atoms with Gasteiger partial charge in [0.25, 0.3) is 11.5 Å². The van der Waals surface area contributed by atoms with Gasteiger partial charge >= 0.3 is 5.69 Å². The van der Waals surface area contributed by atoms with Gasteiger partial charge in [-0.05, 0) is 36.5 Å². The normalized spacial score (nSPS) is 14.7. The van der Waals surface area contributed by atoms with Gasteiger partial charge in [0.05, 0.1) is 11.6 Å². The molecule has 0 bridgehead atoms. The lowest BCUT2D eigenvalue weighted by molar-refractivity contribution is 0.0929. The number of H-pyrrole nitrogens is 2. The van der Waals surface area contributed by atoms with E-state index < -0.39 is 11.2 Å². The number of aromatic amines is 2. The number of carbonyl (C=O) groups excluding carboxylic acids is 1. The molecule has 27 heavy (non-hydrogen) atoms. The van der Waals surface area contributed by atoms with Crippen LogP contribution in [0.3, 0.4) is 0 Å². The summed E-state index contributed by atoms with van der Waals surface area (Å²) in [6.07, 6.45) is 7.05. The fraction of sp³-hybridized carbons (Fsp3) is 0.263. The summed E-state index contributed by atoms with van der Waals surface area (Å²) in [6.45, 7) is 0. The van der Waals surface area contributed by atoms with Crippen LogP contribution in [0.25, 0.3) is 11.1 Å². The molecule has 1 unspecified atom stereocenters. The van der Waals surface area contributed by atoms with Gasteiger partial charge in [0, 0.05) is 31.2 Å². The molecule has 138 valence electrons. The van der Waals surface area contributed by atoms with Crippen molar-refractivity contribution in [1.82, 2.24) is 24.8 Å². The molecule has 1 fully saturated rings. The molecule has 0 radical (unpaired) electrons. The fourth-order valence-electron chi connectivity index (χ4n) is 3.18. The number of amides is 1. The zero-order valence-electron chi connectivity index (χ0n) is 14.7.